The number of ketones is 1. The number of hydrogen-bond donors (Lipinski definition) is 0. The first-order valence-electron chi connectivity index (χ1n) is 7.11. The normalized spacial score (nSPS) is 12.5. The summed E-state index contributed by atoms with van der Waals surface area (Å²) in [6, 6.07) is 1.09. The highest BCUT2D eigenvalue weighted by atomic mass is 28.4. The van der Waals surface area contributed by atoms with Gasteiger partial charge in [-0.3, -0.25) is 4.79 Å². The molecule has 0 aromatic heterocycles. The molecular weight excluding hydrogens is 288 g/mol. The van der Waals surface area contributed by atoms with Crippen LogP contribution >= 0.6 is 0 Å². The molecule has 0 heterocycles. The van der Waals surface area contributed by atoms with Crippen LogP contribution in [0.5, 0.6) is 0 Å². The highest BCUT2D eigenvalue weighted by molar-refractivity contribution is 6.82. The van der Waals surface area contributed by atoms with E-state index < -0.39 is 16.9 Å². The van der Waals surface area contributed by atoms with Crippen LogP contribution in [-0.4, -0.2) is 43.0 Å². The van der Waals surface area contributed by atoms with E-state index in [4.69, 9.17) is 13.3 Å². The average molecular weight is 319 g/mol. The van der Waals surface area contributed by atoms with E-state index in [0.717, 1.165) is 18.9 Å². The van der Waals surface area contributed by atoms with Crippen LogP contribution in [0.3, 0.4) is 0 Å². The third kappa shape index (κ3) is 9.60. The monoisotopic (exact) mass is 318 g/mol. The van der Waals surface area contributed by atoms with Gasteiger partial charge >= 0.3 is 8.56 Å². The lowest BCUT2D eigenvalue weighted by molar-refractivity contribution is -0.119. The molecule has 4 nitrogen and oxygen atoms in total. The Morgan fingerprint density at radius 2 is 1.75 bits per heavy atom. The topological polar surface area (TPSA) is 44.8 Å². The summed E-state index contributed by atoms with van der Waals surface area (Å²) in [5, 5.41) is 0. The molecule has 0 atom stereocenters. The molecule has 20 heavy (non-hydrogen) atoms. The number of Topliss-reactive ketones (excluding diaryl/α,β-unsaturated/α-hetero) is 1. The molecule has 0 aromatic carbocycles. The first-order chi connectivity index (χ1) is 9.09. The van der Waals surface area contributed by atoms with Crippen LogP contribution in [0.25, 0.3) is 0 Å². The molecule has 0 spiro atoms. The number of carbonyl (C=O) groups is 1. The second-order valence-corrected chi connectivity index (χ2v) is 14.2. The fraction of sp³-hybridized carbons (Fsp3) is 0.786. The highest BCUT2D eigenvalue weighted by Crippen LogP contribution is 2.21. The summed E-state index contributed by atoms with van der Waals surface area (Å²) in [5.41, 5.74) is 0.554. The minimum absolute atomic E-state index is 0.0177. The maximum Gasteiger partial charge on any atom is 0.321 e. The van der Waals surface area contributed by atoms with E-state index in [-0.39, 0.29) is 12.4 Å². The number of hydrogen-bond acceptors (Lipinski definition) is 4. The molecule has 0 aliphatic rings. The molecule has 0 amide bonds. The van der Waals surface area contributed by atoms with Crippen LogP contribution in [-0.2, 0) is 18.1 Å². The van der Waals surface area contributed by atoms with Crippen LogP contribution in [0.4, 0.5) is 0 Å². The van der Waals surface area contributed by atoms with Gasteiger partial charge in [-0.1, -0.05) is 13.0 Å². The summed E-state index contributed by atoms with van der Waals surface area (Å²) >= 11 is 0. The van der Waals surface area contributed by atoms with Crippen molar-refractivity contribution in [1.29, 1.82) is 0 Å². The number of rotatable bonds is 11. The van der Waals surface area contributed by atoms with Gasteiger partial charge in [-0.15, -0.1) is 0 Å². The predicted molar refractivity (Wildman–Crippen MR) is 87.7 cm³/mol. The van der Waals surface area contributed by atoms with Crippen LogP contribution in [0.2, 0.25) is 32.2 Å². The molecule has 0 bridgehead atoms. The lowest BCUT2D eigenvalue weighted by Gasteiger charge is -2.32. The second kappa shape index (κ2) is 8.89. The molecule has 0 rings (SSSR count). The summed E-state index contributed by atoms with van der Waals surface area (Å²) < 4.78 is 17.0. The van der Waals surface area contributed by atoms with Crippen LogP contribution in [0.15, 0.2) is 12.2 Å². The maximum absolute atomic E-state index is 11.3. The van der Waals surface area contributed by atoms with Gasteiger partial charge in [0.1, 0.15) is 6.61 Å². The summed E-state index contributed by atoms with van der Waals surface area (Å²) in [4.78, 5) is 11.3. The molecule has 0 fully saturated rings. The van der Waals surface area contributed by atoms with Gasteiger partial charge in [0.05, 0.1) is 0 Å². The van der Waals surface area contributed by atoms with E-state index in [1.807, 2.05) is 0 Å². The van der Waals surface area contributed by atoms with Gasteiger partial charge in [0, 0.05) is 13.7 Å². The van der Waals surface area contributed by atoms with Gasteiger partial charge in [-0.2, -0.15) is 0 Å². The Bertz CT molecular complexity index is 327. The maximum atomic E-state index is 11.3. The standard InChI is InChI=1S/C14H30O4Si2/c1-13(2)14(15)12-17-10-8-9-11-19(4,5)18-20(6,7)16-3/h1,8-12H2,2-7H3. The molecule has 0 saturated carbocycles. The number of unbranched alkanes of at least 4 members (excludes halogenated alkanes) is 1. The highest BCUT2D eigenvalue weighted by Gasteiger charge is 2.33. The van der Waals surface area contributed by atoms with Crippen molar-refractivity contribution < 1.29 is 18.1 Å². The molecular formula is C14H30O4Si2. The molecule has 0 N–H and O–H groups in total. The quantitative estimate of drug-likeness (QED) is 0.332. The van der Waals surface area contributed by atoms with Crippen molar-refractivity contribution >= 4 is 22.7 Å². The molecule has 0 aliphatic carbocycles. The first kappa shape index (κ1) is 19.7. The SMILES string of the molecule is C=C(C)C(=O)COCCCC[Si](C)(C)O[Si](C)(C)OC. The fourth-order valence-electron chi connectivity index (χ4n) is 1.80. The number of ether oxygens (including phenoxy) is 1. The fourth-order valence-corrected chi connectivity index (χ4v) is 8.97. The first-order valence-corrected chi connectivity index (χ1v) is 13.0. The van der Waals surface area contributed by atoms with Gasteiger partial charge in [0.15, 0.2) is 14.1 Å². The van der Waals surface area contributed by atoms with Crippen molar-refractivity contribution in [3.05, 3.63) is 12.2 Å². The third-order valence-electron chi connectivity index (χ3n) is 3.04. The lowest BCUT2D eigenvalue weighted by atomic mass is 10.2. The molecule has 118 valence electrons. The Balaban J connectivity index is 3.78. The second-order valence-electron chi connectivity index (χ2n) is 6.18. The van der Waals surface area contributed by atoms with Gasteiger partial charge < -0.3 is 13.3 Å². The van der Waals surface area contributed by atoms with Gasteiger partial charge in [-0.25, -0.2) is 0 Å². The van der Waals surface area contributed by atoms with Crippen molar-refractivity contribution in [3.63, 3.8) is 0 Å². The third-order valence-corrected chi connectivity index (χ3v) is 9.76. The summed E-state index contributed by atoms with van der Waals surface area (Å²) in [7, 11) is -1.87. The molecule has 0 saturated heterocycles. The summed E-state index contributed by atoms with van der Waals surface area (Å²) in [6.07, 6.45) is 2.02. The van der Waals surface area contributed by atoms with E-state index >= 15 is 0 Å². The minimum Gasteiger partial charge on any atom is -0.436 e. The Kier molecular flexibility index (Phi) is 8.77. The Morgan fingerprint density at radius 3 is 2.25 bits per heavy atom. The van der Waals surface area contributed by atoms with E-state index in [0.29, 0.717) is 12.2 Å². The van der Waals surface area contributed by atoms with Crippen molar-refractivity contribution in [2.24, 2.45) is 0 Å². The summed E-state index contributed by atoms with van der Waals surface area (Å²) in [6.45, 7) is 14.7. The molecule has 0 unspecified atom stereocenters. The van der Waals surface area contributed by atoms with E-state index in [1.165, 1.54) is 0 Å². The largest absolute Gasteiger partial charge is 0.436 e. The minimum atomic E-state index is -1.94. The lowest BCUT2D eigenvalue weighted by Crippen LogP contribution is -2.45. The van der Waals surface area contributed by atoms with E-state index in [1.54, 1.807) is 14.0 Å². The molecule has 0 radical (unpaired) electrons. The van der Waals surface area contributed by atoms with Crippen LogP contribution < -0.4 is 0 Å². The average Bonchev–Trinajstić information content (AvgIpc) is 2.31. The van der Waals surface area contributed by atoms with Gasteiger partial charge in [-0.05, 0) is 51.1 Å². The van der Waals surface area contributed by atoms with Crippen molar-refractivity contribution in [3.8, 4) is 0 Å². The Labute approximate surface area is 125 Å². The van der Waals surface area contributed by atoms with Gasteiger partial charge in [0.2, 0.25) is 0 Å². The number of carbonyl (C=O) groups excluding carboxylic acids is 1. The van der Waals surface area contributed by atoms with Crippen molar-refractivity contribution in [2.45, 2.75) is 52.0 Å². The molecule has 0 aliphatic heterocycles. The summed E-state index contributed by atoms with van der Waals surface area (Å²) in [5.74, 6) is -0.0177. The van der Waals surface area contributed by atoms with Crippen molar-refractivity contribution in [2.75, 3.05) is 20.3 Å². The predicted octanol–water partition coefficient (Wildman–Crippen LogP) is 3.50. The van der Waals surface area contributed by atoms with E-state index in [2.05, 4.69) is 32.8 Å². The Morgan fingerprint density at radius 1 is 1.15 bits per heavy atom. The molecule has 6 heteroatoms. The zero-order valence-corrected chi connectivity index (χ0v) is 15.9. The zero-order chi connectivity index (χ0) is 15.8. The Hall–Kier alpha value is -0.276. The van der Waals surface area contributed by atoms with Crippen molar-refractivity contribution in [1.82, 2.24) is 0 Å². The van der Waals surface area contributed by atoms with E-state index in [9.17, 15) is 4.79 Å². The smallest absolute Gasteiger partial charge is 0.321 e. The zero-order valence-electron chi connectivity index (χ0n) is 13.9. The van der Waals surface area contributed by atoms with Crippen LogP contribution in [0, 0.1) is 0 Å². The van der Waals surface area contributed by atoms with Crippen LogP contribution in [0.1, 0.15) is 19.8 Å². The van der Waals surface area contributed by atoms with Gasteiger partial charge in [0.25, 0.3) is 0 Å². The molecule has 0 aromatic rings.